The third-order valence-electron chi connectivity index (χ3n) is 1.19. The van der Waals surface area contributed by atoms with E-state index in [1.165, 1.54) is 6.20 Å². The van der Waals surface area contributed by atoms with Gasteiger partial charge in [-0.1, -0.05) is 12.1 Å². The lowest BCUT2D eigenvalue weighted by atomic mass is 10.3. The van der Waals surface area contributed by atoms with Crippen molar-refractivity contribution in [2.24, 2.45) is 0 Å². The number of hydrogen-bond acceptors (Lipinski definition) is 4. The Morgan fingerprint density at radius 3 is 3.00 bits per heavy atom. The Bertz CT molecular complexity index is 282. The fraction of sp³-hybridized carbons (Fsp3) is 0.400. The summed E-state index contributed by atoms with van der Waals surface area (Å²) in [4.78, 5) is 11.0. The van der Waals surface area contributed by atoms with Crippen molar-refractivity contribution in [1.82, 2.24) is 14.4 Å². The summed E-state index contributed by atoms with van der Waals surface area (Å²) < 4.78 is 0.929. The highest BCUT2D eigenvalue weighted by atomic mass is 32.1. The van der Waals surface area contributed by atoms with Crippen molar-refractivity contribution < 1.29 is 0 Å². The highest BCUT2D eigenvalue weighted by molar-refractivity contribution is 7.78. The molecule has 0 saturated heterocycles. The van der Waals surface area contributed by atoms with Crippen LogP contribution in [0, 0.1) is 0 Å². The van der Waals surface area contributed by atoms with E-state index in [4.69, 9.17) is 0 Å². The smallest absolute Gasteiger partial charge is 0.266 e. The number of hydrogen-bond donors (Lipinski definition) is 1. The van der Waals surface area contributed by atoms with Crippen LogP contribution in [0.1, 0.15) is 12.5 Å². The summed E-state index contributed by atoms with van der Waals surface area (Å²) in [6, 6.07) is 0. The Kier molecular flexibility index (Phi) is 2.06. The standard InChI is InChI=1S/C5H7N3OS/c1-2-4-3-6-7-8(10)5(4)9/h3,10H,2H2,1H3. The molecule has 1 aromatic heterocycles. The van der Waals surface area contributed by atoms with Gasteiger partial charge in [-0.05, 0) is 19.2 Å². The van der Waals surface area contributed by atoms with Crippen LogP contribution in [0.3, 0.4) is 0 Å². The highest BCUT2D eigenvalue weighted by Gasteiger charge is 1.98. The van der Waals surface area contributed by atoms with Crippen LogP contribution in [0.5, 0.6) is 0 Å². The molecule has 0 aliphatic carbocycles. The molecule has 0 aliphatic rings. The van der Waals surface area contributed by atoms with E-state index in [0.29, 0.717) is 12.0 Å². The predicted octanol–water partition coefficient (Wildman–Crippen LogP) is -0.106. The topological polar surface area (TPSA) is 47.8 Å². The quantitative estimate of drug-likeness (QED) is 0.579. The predicted molar refractivity (Wildman–Crippen MR) is 40.1 cm³/mol. The molecule has 0 atom stereocenters. The monoisotopic (exact) mass is 157 g/mol. The second-order valence-electron chi connectivity index (χ2n) is 1.81. The first kappa shape index (κ1) is 7.27. The Balaban J connectivity index is 3.28. The molecule has 1 aromatic rings. The van der Waals surface area contributed by atoms with Gasteiger partial charge in [0.05, 0.1) is 6.20 Å². The zero-order chi connectivity index (χ0) is 7.56. The van der Waals surface area contributed by atoms with E-state index in [0.717, 1.165) is 4.09 Å². The van der Waals surface area contributed by atoms with Crippen molar-refractivity contribution in [1.29, 1.82) is 0 Å². The average Bonchev–Trinajstić information content (AvgIpc) is 1.95. The Labute approximate surface area is 63.4 Å². The number of thiol groups is 1. The van der Waals surface area contributed by atoms with Crippen molar-refractivity contribution in [3.05, 3.63) is 22.1 Å². The van der Waals surface area contributed by atoms with Crippen LogP contribution in [0.4, 0.5) is 0 Å². The molecule has 5 heteroatoms. The van der Waals surface area contributed by atoms with E-state index in [9.17, 15) is 4.79 Å². The van der Waals surface area contributed by atoms with E-state index in [1.54, 1.807) is 0 Å². The summed E-state index contributed by atoms with van der Waals surface area (Å²) in [7, 11) is 0. The largest absolute Gasteiger partial charge is 0.283 e. The van der Waals surface area contributed by atoms with Gasteiger partial charge in [0.1, 0.15) is 0 Å². The van der Waals surface area contributed by atoms with Gasteiger partial charge in [-0.25, -0.2) is 0 Å². The molecular weight excluding hydrogens is 150 g/mol. The Hall–Kier alpha value is -0.840. The van der Waals surface area contributed by atoms with E-state index in [1.807, 2.05) is 6.92 Å². The maximum Gasteiger partial charge on any atom is 0.283 e. The second-order valence-corrected chi connectivity index (χ2v) is 2.19. The highest BCUT2D eigenvalue weighted by Crippen LogP contribution is 1.86. The molecule has 4 nitrogen and oxygen atoms in total. The Morgan fingerprint density at radius 1 is 1.80 bits per heavy atom. The number of aryl methyl sites for hydroxylation is 1. The van der Waals surface area contributed by atoms with Crippen molar-refractivity contribution in [2.75, 3.05) is 0 Å². The molecule has 10 heavy (non-hydrogen) atoms. The van der Waals surface area contributed by atoms with Gasteiger partial charge >= 0.3 is 0 Å². The molecule has 0 aromatic carbocycles. The summed E-state index contributed by atoms with van der Waals surface area (Å²) in [5.41, 5.74) is 0.436. The van der Waals surface area contributed by atoms with Crippen molar-refractivity contribution in [3.8, 4) is 0 Å². The van der Waals surface area contributed by atoms with Gasteiger partial charge in [0, 0.05) is 5.56 Å². The molecule has 0 spiro atoms. The van der Waals surface area contributed by atoms with Gasteiger partial charge < -0.3 is 0 Å². The minimum atomic E-state index is -0.194. The summed E-state index contributed by atoms with van der Waals surface area (Å²) >= 11 is 3.75. The summed E-state index contributed by atoms with van der Waals surface area (Å²) in [5, 5.41) is 6.96. The minimum Gasteiger partial charge on any atom is -0.266 e. The first-order chi connectivity index (χ1) is 4.75. The van der Waals surface area contributed by atoms with Crippen molar-refractivity contribution in [3.63, 3.8) is 0 Å². The molecule has 54 valence electrons. The summed E-state index contributed by atoms with van der Waals surface area (Å²) in [6.45, 7) is 1.88. The average molecular weight is 157 g/mol. The SMILES string of the molecule is CCc1cnnn(S)c1=O. The van der Waals surface area contributed by atoms with Crippen LogP contribution in [-0.2, 0) is 6.42 Å². The van der Waals surface area contributed by atoms with Gasteiger partial charge in [-0.2, -0.15) is 4.09 Å². The van der Waals surface area contributed by atoms with E-state index in [-0.39, 0.29) is 5.56 Å². The maximum absolute atomic E-state index is 11.0. The van der Waals surface area contributed by atoms with Crippen molar-refractivity contribution >= 4 is 12.8 Å². The second kappa shape index (κ2) is 2.83. The number of rotatable bonds is 1. The fourth-order valence-corrected chi connectivity index (χ4v) is 0.786. The molecule has 0 aliphatic heterocycles. The molecular formula is C5H7N3OS. The van der Waals surface area contributed by atoms with Crippen LogP contribution in [0.15, 0.2) is 11.0 Å². The summed E-state index contributed by atoms with van der Waals surface area (Å²) in [5.74, 6) is 0. The van der Waals surface area contributed by atoms with Crippen LogP contribution in [0.2, 0.25) is 0 Å². The van der Waals surface area contributed by atoms with E-state index >= 15 is 0 Å². The lowest BCUT2D eigenvalue weighted by Crippen LogP contribution is -2.20. The molecule has 1 heterocycles. The lowest BCUT2D eigenvalue weighted by molar-refractivity contribution is 0.775. The Morgan fingerprint density at radius 2 is 2.50 bits per heavy atom. The van der Waals surface area contributed by atoms with Crippen LogP contribution >= 0.6 is 12.8 Å². The van der Waals surface area contributed by atoms with Gasteiger partial charge in [0.2, 0.25) is 0 Å². The van der Waals surface area contributed by atoms with Gasteiger partial charge in [-0.3, -0.25) is 4.79 Å². The molecule has 0 unspecified atom stereocenters. The number of aromatic nitrogens is 3. The molecule has 0 saturated carbocycles. The van der Waals surface area contributed by atoms with Gasteiger partial charge in [0.15, 0.2) is 0 Å². The maximum atomic E-state index is 11.0. The zero-order valence-corrected chi connectivity index (χ0v) is 6.38. The molecule has 0 amide bonds. The molecule has 0 bridgehead atoms. The van der Waals surface area contributed by atoms with Gasteiger partial charge in [0.25, 0.3) is 5.56 Å². The minimum absolute atomic E-state index is 0.194. The van der Waals surface area contributed by atoms with E-state index < -0.39 is 0 Å². The lowest BCUT2D eigenvalue weighted by Gasteiger charge is -1.93. The van der Waals surface area contributed by atoms with Crippen LogP contribution < -0.4 is 5.56 Å². The van der Waals surface area contributed by atoms with E-state index in [2.05, 4.69) is 23.1 Å². The zero-order valence-electron chi connectivity index (χ0n) is 5.48. The molecule has 0 radical (unpaired) electrons. The fourth-order valence-electron chi connectivity index (χ4n) is 0.611. The molecule has 0 N–H and O–H groups in total. The first-order valence-electron chi connectivity index (χ1n) is 2.89. The molecule has 0 fully saturated rings. The molecule has 1 rings (SSSR count). The third kappa shape index (κ3) is 1.18. The van der Waals surface area contributed by atoms with Crippen LogP contribution in [0.25, 0.3) is 0 Å². The normalized spacial score (nSPS) is 9.80. The number of nitrogens with zero attached hydrogens (tertiary/aromatic N) is 3. The van der Waals surface area contributed by atoms with Crippen molar-refractivity contribution in [2.45, 2.75) is 13.3 Å². The first-order valence-corrected chi connectivity index (χ1v) is 3.29. The van der Waals surface area contributed by atoms with Crippen LogP contribution in [-0.4, -0.2) is 14.4 Å². The summed E-state index contributed by atoms with van der Waals surface area (Å²) in [6.07, 6.45) is 2.12. The van der Waals surface area contributed by atoms with Gasteiger partial charge in [-0.15, -0.1) is 5.10 Å². The third-order valence-corrected chi connectivity index (χ3v) is 1.45.